The van der Waals surface area contributed by atoms with E-state index in [1.54, 1.807) is 6.21 Å². The third kappa shape index (κ3) is 7.99. The Morgan fingerprint density at radius 1 is 0.930 bits per heavy atom. The van der Waals surface area contributed by atoms with Crippen LogP contribution in [0.3, 0.4) is 0 Å². The van der Waals surface area contributed by atoms with Gasteiger partial charge in [0.05, 0.1) is 12.0 Å². The van der Waals surface area contributed by atoms with Crippen LogP contribution in [-0.2, 0) is 16.8 Å². The van der Waals surface area contributed by atoms with Crippen molar-refractivity contribution in [1.82, 2.24) is 20.2 Å². The summed E-state index contributed by atoms with van der Waals surface area (Å²) in [6.45, 7) is 9.11. The highest BCUT2D eigenvalue weighted by Crippen LogP contribution is 2.30. The van der Waals surface area contributed by atoms with Gasteiger partial charge < -0.3 is 4.74 Å². The number of nitrogens with zero attached hydrogens (tertiary/aromatic N) is 4. The molecule has 0 saturated heterocycles. The maximum absolute atomic E-state index is 12.7. The first-order valence-corrected chi connectivity index (χ1v) is 15.1. The molecule has 0 unspecified atom stereocenters. The topological polar surface area (TPSA) is 81.4 Å². The largest absolute Gasteiger partial charge is 0.489 e. The summed E-state index contributed by atoms with van der Waals surface area (Å²) in [5, 5.41) is 13.7. The molecule has 43 heavy (non-hydrogen) atoms. The second-order valence-electron chi connectivity index (χ2n) is 11.2. The molecule has 218 valence electrons. The lowest BCUT2D eigenvalue weighted by molar-refractivity contribution is -0.118. The molecule has 0 saturated carbocycles. The molecule has 5 aromatic rings. The van der Waals surface area contributed by atoms with Crippen LogP contribution in [0.2, 0.25) is 0 Å². The summed E-state index contributed by atoms with van der Waals surface area (Å²) < 4.78 is 7.88. The Morgan fingerprint density at radius 3 is 2.40 bits per heavy atom. The molecule has 7 nitrogen and oxygen atoms in total. The zero-order chi connectivity index (χ0) is 30.2. The number of ether oxygens (including phenoxy) is 1. The number of carbonyl (C=O) groups excluding carboxylic acids is 1. The Balaban J connectivity index is 1.24. The third-order valence-corrected chi connectivity index (χ3v) is 7.71. The third-order valence-electron chi connectivity index (χ3n) is 6.78. The van der Waals surface area contributed by atoms with Gasteiger partial charge in [0.15, 0.2) is 11.0 Å². The fraction of sp³-hybridized carbons (Fsp3) is 0.200. The molecule has 0 bridgehead atoms. The SMILES string of the molecule is Cc1ccc(-n2c(SCC(=O)N/N=C/c3cccc(OCc4ccccc4)c3)nnc2-c2ccc(C(C)(C)C)cc2)cc1. The van der Waals surface area contributed by atoms with Crippen molar-refractivity contribution in [1.29, 1.82) is 0 Å². The molecule has 0 aliphatic heterocycles. The number of rotatable bonds is 10. The highest BCUT2D eigenvalue weighted by molar-refractivity contribution is 7.99. The summed E-state index contributed by atoms with van der Waals surface area (Å²) in [6.07, 6.45) is 1.60. The van der Waals surface area contributed by atoms with Crippen LogP contribution < -0.4 is 10.2 Å². The fourth-order valence-electron chi connectivity index (χ4n) is 4.36. The summed E-state index contributed by atoms with van der Waals surface area (Å²) in [5.74, 6) is 1.34. The van der Waals surface area contributed by atoms with Gasteiger partial charge >= 0.3 is 0 Å². The minimum atomic E-state index is -0.243. The number of hydrazone groups is 1. The second kappa shape index (κ2) is 13.5. The first-order chi connectivity index (χ1) is 20.8. The van der Waals surface area contributed by atoms with Crippen LogP contribution in [0.1, 0.15) is 43.0 Å². The minimum absolute atomic E-state index is 0.0545. The molecular formula is C35H35N5O2S. The zero-order valence-electron chi connectivity index (χ0n) is 24.8. The van der Waals surface area contributed by atoms with E-state index in [0.717, 1.165) is 39.5 Å². The van der Waals surface area contributed by atoms with Gasteiger partial charge in [-0.3, -0.25) is 9.36 Å². The number of benzene rings is 4. The maximum atomic E-state index is 12.7. The Morgan fingerprint density at radius 2 is 1.67 bits per heavy atom. The standard InChI is InChI=1S/C35H35N5O2S/c1-25-13-19-30(20-14-25)40-33(28-15-17-29(18-16-28)35(2,3)4)38-39-34(40)43-24-32(41)37-36-22-27-11-8-12-31(21-27)42-23-26-9-6-5-7-10-26/h5-22H,23-24H2,1-4H3,(H,37,41)/b36-22+. The van der Waals surface area contributed by atoms with Crippen molar-refractivity contribution in [3.05, 3.63) is 125 Å². The molecule has 0 aliphatic rings. The average molecular weight is 590 g/mol. The molecule has 8 heteroatoms. The number of hydrogen-bond acceptors (Lipinski definition) is 6. The summed E-state index contributed by atoms with van der Waals surface area (Å²) in [4.78, 5) is 12.7. The summed E-state index contributed by atoms with van der Waals surface area (Å²) in [7, 11) is 0. The van der Waals surface area contributed by atoms with E-state index in [-0.39, 0.29) is 17.1 Å². The van der Waals surface area contributed by atoms with Gasteiger partial charge in [0.1, 0.15) is 12.4 Å². The molecule has 0 radical (unpaired) electrons. The van der Waals surface area contributed by atoms with E-state index in [2.05, 4.69) is 84.8 Å². The van der Waals surface area contributed by atoms with Gasteiger partial charge in [-0.05, 0) is 53.3 Å². The van der Waals surface area contributed by atoms with E-state index in [4.69, 9.17) is 4.74 Å². The van der Waals surface area contributed by atoms with Crippen LogP contribution in [0, 0.1) is 6.92 Å². The molecule has 0 fully saturated rings. The van der Waals surface area contributed by atoms with Crippen molar-refractivity contribution in [2.75, 3.05) is 5.75 Å². The molecule has 1 amide bonds. The number of hydrogen-bond donors (Lipinski definition) is 1. The average Bonchev–Trinajstić information content (AvgIpc) is 3.44. The zero-order valence-corrected chi connectivity index (χ0v) is 25.6. The van der Waals surface area contributed by atoms with Gasteiger partial charge in [-0.2, -0.15) is 5.10 Å². The van der Waals surface area contributed by atoms with Crippen molar-refractivity contribution in [3.63, 3.8) is 0 Å². The van der Waals surface area contributed by atoms with E-state index in [1.165, 1.54) is 17.3 Å². The van der Waals surface area contributed by atoms with Crippen molar-refractivity contribution >= 4 is 23.9 Å². The lowest BCUT2D eigenvalue weighted by Crippen LogP contribution is -2.20. The predicted molar refractivity (Wildman–Crippen MR) is 174 cm³/mol. The van der Waals surface area contributed by atoms with Gasteiger partial charge in [-0.15, -0.1) is 10.2 Å². The van der Waals surface area contributed by atoms with E-state index < -0.39 is 0 Å². The smallest absolute Gasteiger partial charge is 0.250 e. The molecule has 4 aromatic carbocycles. The molecule has 1 N–H and O–H groups in total. The van der Waals surface area contributed by atoms with Gasteiger partial charge in [-0.25, -0.2) is 5.43 Å². The van der Waals surface area contributed by atoms with E-state index in [0.29, 0.717) is 11.8 Å². The highest BCUT2D eigenvalue weighted by Gasteiger charge is 2.19. The van der Waals surface area contributed by atoms with Crippen molar-refractivity contribution in [3.8, 4) is 22.8 Å². The lowest BCUT2D eigenvalue weighted by Gasteiger charge is -2.19. The van der Waals surface area contributed by atoms with Crippen LogP contribution in [0.5, 0.6) is 5.75 Å². The normalized spacial score (nSPS) is 11.5. The molecule has 5 rings (SSSR count). The van der Waals surface area contributed by atoms with Crippen molar-refractivity contribution in [2.24, 2.45) is 5.10 Å². The van der Waals surface area contributed by atoms with Crippen LogP contribution >= 0.6 is 11.8 Å². The van der Waals surface area contributed by atoms with Gasteiger partial charge in [0, 0.05) is 11.3 Å². The van der Waals surface area contributed by atoms with Gasteiger partial charge in [-0.1, -0.05) is 117 Å². The van der Waals surface area contributed by atoms with E-state index >= 15 is 0 Å². The molecule has 1 aromatic heterocycles. The Kier molecular flexibility index (Phi) is 9.37. The van der Waals surface area contributed by atoms with Crippen LogP contribution in [-0.4, -0.2) is 32.6 Å². The van der Waals surface area contributed by atoms with Crippen LogP contribution in [0.15, 0.2) is 113 Å². The maximum Gasteiger partial charge on any atom is 0.250 e. The number of carbonyl (C=O) groups is 1. The van der Waals surface area contributed by atoms with E-state index in [1.807, 2.05) is 71.3 Å². The Hall–Kier alpha value is -4.69. The summed E-state index contributed by atoms with van der Waals surface area (Å²) in [6, 6.07) is 34.2. The molecular weight excluding hydrogens is 554 g/mol. The number of amides is 1. The summed E-state index contributed by atoms with van der Waals surface area (Å²) in [5.41, 5.74) is 8.87. The predicted octanol–water partition coefficient (Wildman–Crippen LogP) is 7.36. The van der Waals surface area contributed by atoms with Gasteiger partial charge in [0.2, 0.25) is 0 Å². The number of nitrogens with one attached hydrogen (secondary N) is 1. The monoisotopic (exact) mass is 589 g/mol. The minimum Gasteiger partial charge on any atom is -0.489 e. The quantitative estimate of drug-likeness (QED) is 0.105. The number of aryl methyl sites for hydroxylation is 1. The molecule has 0 spiro atoms. The molecule has 1 heterocycles. The van der Waals surface area contributed by atoms with Crippen molar-refractivity contribution < 1.29 is 9.53 Å². The van der Waals surface area contributed by atoms with Gasteiger partial charge in [0.25, 0.3) is 5.91 Å². The van der Waals surface area contributed by atoms with Crippen molar-refractivity contribution in [2.45, 2.75) is 44.9 Å². The lowest BCUT2D eigenvalue weighted by atomic mass is 9.87. The Labute approximate surface area is 257 Å². The first-order valence-electron chi connectivity index (χ1n) is 14.1. The molecule has 0 aliphatic carbocycles. The van der Waals surface area contributed by atoms with Crippen LogP contribution in [0.4, 0.5) is 0 Å². The first kappa shape index (κ1) is 29.8. The fourth-order valence-corrected chi connectivity index (χ4v) is 5.11. The van der Waals surface area contributed by atoms with Crippen LogP contribution in [0.25, 0.3) is 17.1 Å². The number of aromatic nitrogens is 3. The summed E-state index contributed by atoms with van der Waals surface area (Å²) >= 11 is 1.31. The highest BCUT2D eigenvalue weighted by atomic mass is 32.2. The number of thioether (sulfide) groups is 1. The Bertz CT molecular complexity index is 1690. The second-order valence-corrected chi connectivity index (χ2v) is 12.2. The molecule has 0 atom stereocenters. The van der Waals surface area contributed by atoms with E-state index in [9.17, 15) is 4.79 Å².